The van der Waals surface area contributed by atoms with Crippen molar-refractivity contribution >= 4 is 11.7 Å². The molecule has 0 saturated carbocycles. The summed E-state index contributed by atoms with van der Waals surface area (Å²) in [6.45, 7) is 0.167. The van der Waals surface area contributed by atoms with Gasteiger partial charge in [0.1, 0.15) is 17.1 Å². The molecule has 0 saturated heterocycles. The summed E-state index contributed by atoms with van der Waals surface area (Å²) < 4.78 is 9.91. The molecule has 0 aliphatic rings. The van der Waals surface area contributed by atoms with Crippen molar-refractivity contribution in [2.24, 2.45) is 0 Å². The van der Waals surface area contributed by atoms with Gasteiger partial charge in [0.2, 0.25) is 0 Å². The van der Waals surface area contributed by atoms with Crippen LogP contribution in [0, 0.1) is 0 Å². The van der Waals surface area contributed by atoms with E-state index in [9.17, 15) is 9.90 Å². The second-order valence-electron chi connectivity index (χ2n) is 4.17. The zero-order valence-electron chi connectivity index (χ0n) is 11.0. The van der Waals surface area contributed by atoms with Crippen molar-refractivity contribution in [1.29, 1.82) is 0 Å². The molecule has 0 aliphatic heterocycles. The molecule has 0 aliphatic carbocycles. The maximum absolute atomic E-state index is 11.7. The van der Waals surface area contributed by atoms with Gasteiger partial charge in [-0.2, -0.15) is 0 Å². The lowest BCUT2D eigenvalue weighted by molar-refractivity contribution is 0.0599. The molecule has 0 unspecified atom stereocenters. The number of rotatable bonds is 4. The number of anilines is 1. The first kappa shape index (κ1) is 14.0. The summed E-state index contributed by atoms with van der Waals surface area (Å²) in [5.74, 6) is -0.368. The lowest BCUT2D eigenvalue weighted by Crippen LogP contribution is -2.06. The van der Waals surface area contributed by atoms with Crippen molar-refractivity contribution in [3.8, 4) is 16.9 Å². The Kier molecular flexibility index (Phi) is 3.95. The van der Waals surface area contributed by atoms with Crippen molar-refractivity contribution in [3.63, 3.8) is 0 Å². The van der Waals surface area contributed by atoms with Crippen LogP contribution in [-0.4, -0.2) is 29.9 Å². The molecule has 0 atom stereocenters. The number of methoxy groups -OCH3 is 1. The summed E-state index contributed by atoms with van der Waals surface area (Å²) >= 11 is 0. The van der Waals surface area contributed by atoms with Crippen LogP contribution in [0.5, 0.6) is 5.75 Å². The van der Waals surface area contributed by atoms with Gasteiger partial charge >= 0.3 is 5.97 Å². The average molecular weight is 278 g/mol. The van der Waals surface area contributed by atoms with Gasteiger partial charge in [0, 0.05) is 16.8 Å². The topological polar surface area (TPSA) is 109 Å². The van der Waals surface area contributed by atoms with E-state index in [1.807, 2.05) is 0 Å². The lowest BCUT2D eigenvalue weighted by Gasteiger charge is -2.10. The monoisotopic (exact) mass is 278 g/mol. The van der Waals surface area contributed by atoms with Gasteiger partial charge in [-0.15, -0.1) is 0 Å². The average Bonchev–Trinajstić information content (AvgIpc) is 2.87. The molecular formula is C14H16NO5+. The highest BCUT2D eigenvalue weighted by atomic mass is 16.5. The molecule has 1 aromatic heterocycles. The number of furan rings is 1. The molecule has 0 amide bonds. The molecular weight excluding hydrogens is 262 g/mol. The molecule has 0 bridgehead atoms. The summed E-state index contributed by atoms with van der Waals surface area (Å²) in [7, 11) is 1.22. The SMILES string of the molecule is COC(=O)c1c(N)ccc(-c2ccoc2CC[OH2+])c1O. The number of nitrogen functional groups attached to an aromatic ring is 1. The van der Waals surface area contributed by atoms with Crippen LogP contribution in [0.15, 0.2) is 28.9 Å². The number of hydrogen-bond acceptors (Lipinski definition) is 5. The standard InChI is InChI=1S/C14H15NO5/c1-19-14(18)12-10(15)3-2-9(13(12)17)8-5-7-20-11(8)4-6-16/h2-3,5,7,16-17H,4,6,15H2,1H3/p+1. The summed E-state index contributed by atoms with van der Waals surface area (Å²) in [4.78, 5) is 11.7. The largest absolute Gasteiger partial charge is 0.506 e. The highest BCUT2D eigenvalue weighted by Gasteiger charge is 2.21. The molecule has 0 radical (unpaired) electrons. The van der Waals surface area contributed by atoms with Crippen LogP contribution in [0.2, 0.25) is 0 Å². The number of phenolic OH excluding ortho intramolecular Hbond substituents is 1. The number of hydrogen-bond donors (Lipinski definition) is 2. The smallest absolute Gasteiger partial charge is 0.343 e. The maximum atomic E-state index is 11.7. The van der Waals surface area contributed by atoms with E-state index < -0.39 is 5.97 Å². The minimum atomic E-state index is -0.701. The third kappa shape index (κ3) is 2.33. The second kappa shape index (κ2) is 5.66. The molecule has 6 heteroatoms. The molecule has 1 aromatic carbocycles. The van der Waals surface area contributed by atoms with Crippen molar-refractivity contribution in [2.75, 3.05) is 19.5 Å². The zero-order chi connectivity index (χ0) is 14.7. The van der Waals surface area contributed by atoms with E-state index in [4.69, 9.17) is 15.3 Å². The predicted octanol–water partition coefficient (Wildman–Crippen LogP) is 1.29. The highest BCUT2D eigenvalue weighted by molar-refractivity contribution is 6.00. The number of nitrogens with two attached hydrogens (primary N) is 1. The minimum absolute atomic E-state index is 0.0666. The normalized spacial score (nSPS) is 10.5. The third-order valence-corrected chi connectivity index (χ3v) is 2.99. The highest BCUT2D eigenvalue weighted by Crippen LogP contribution is 2.37. The fourth-order valence-corrected chi connectivity index (χ4v) is 2.03. The fraction of sp³-hybridized carbons (Fsp3) is 0.214. The first-order valence-electron chi connectivity index (χ1n) is 6.01. The quantitative estimate of drug-likeness (QED) is 0.497. The van der Waals surface area contributed by atoms with Gasteiger partial charge in [0.15, 0.2) is 6.61 Å². The van der Waals surface area contributed by atoms with E-state index in [1.54, 1.807) is 12.1 Å². The van der Waals surface area contributed by atoms with Crippen LogP contribution in [0.3, 0.4) is 0 Å². The van der Waals surface area contributed by atoms with Gasteiger partial charge in [0.25, 0.3) is 0 Å². The molecule has 20 heavy (non-hydrogen) atoms. The van der Waals surface area contributed by atoms with Gasteiger partial charge in [-0.3, -0.25) is 0 Å². The van der Waals surface area contributed by atoms with Crippen LogP contribution in [0.25, 0.3) is 11.1 Å². The predicted molar refractivity (Wildman–Crippen MR) is 73.7 cm³/mol. The van der Waals surface area contributed by atoms with E-state index in [2.05, 4.69) is 4.74 Å². The molecule has 106 valence electrons. The molecule has 0 fully saturated rings. The lowest BCUT2D eigenvalue weighted by atomic mass is 9.99. The molecule has 6 nitrogen and oxygen atoms in total. The second-order valence-corrected chi connectivity index (χ2v) is 4.17. The Labute approximate surface area is 115 Å². The molecule has 5 N–H and O–H groups in total. The molecule has 1 heterocycles. The van der Waals surface area contributed by atoms with E-state index in [0.29, 0.717) is 23.3 Å². The Balaban J connectivity index is 2.58. The molecule has 0 spiro atoms. The summed E-state index contributed by atoms with van der Waals surface area (Å²) in [6, 6.07) is 4.81. The van der Waals surface area contributed by atoms with Crippen molar-refractivity contribution < 1.29 is 24.2 Å². The number of carbonyl (C=O) groups excluding carboxylic acids is 1. The van der Waals surface area contributed by atoms with Crippen LogP contribution in [-0.2, 0) is 11.2 Å². The van der Waals surface area contributed by atoms with Crippen LogP contribution in [0.1, 0.15) is 16.1 Å². The number of carbonyl (C=O) groups is 1. The van der Waals surface area contributed by atoms with Crippen molar-refractivity contribution in [2.45, 2.75) is 6.42 Å². The number of benzene rings is 1. The number of phenols is 1. The number of ether oxygens (including phenoxy) is 1. The van der Waals surface area contributed by atoms with Crippen molar-refractivity contribution in [3.05, 3.63) is 35.8 Å². The van der Waals surface area contributed by atoms with Gasteiger partial charge in [-0.05, 0) is 18.2 Å². The van der Waals surface area contributed by atoms with E-state index in [-0.39, 0.29) is 23.6 Å². The third-order valence-electron chi connectivity index (χ3n) is 2.99. The van der Waals surface area contributed by atoms with Crippen LogP contribution in [0.4, 0.5) is 5.69 Å². The maximum Gasteiger partial charge on any atom is 0.343 e. The van der Waals surface area contributed by atoms with E-state index in [0.717, 1.165) is 0 Å². The van der Waals surface area contributed by atoms with E-state index in [1.165, 1.54) is 19.4 Å². The first-order valence-corrected chi connectivity index (χ1v) is 6.01. The van der Waals surface area contributed by atoms with E-state index >= 15 is 0 Å². The van der Waals surface area contributed by atoms with Gasteiger partial charge in [-0.25, -0.2) is 4.79 Å². The summed E-state index contributed by atoms with van der Waals surface area (Å²) in [5, 5.41) is 17.5. The minimum Gasteiger partial charge on any atom is -0.506 e. The summed E-state index contributed by atoms with van der Waals surface area (Å²) in [5.41, 5.74) is 6.84. The Morgan fingerprint density at radius 2 is 2.15 bits per heavy atom. The van der Waals surface area contributed by atoms with Gasteiger partial charge in [-0.1, -0.05) is 0 Å². The molecule has 2 aromatic rings. The Hall–Kier alpha value is -2.47. The number of aromatic hydroxyl groups is 1. The van der Waals surface area contributed by atoms with Gasteiger partial charge in [0.05, 0.1) is 19.8 Å². The Bertz CT molecular complexity index is 632. The fourth-order valence-electron chi connectivity index (χ4n) is 2.03. The Morgan fingerprint density at radius 1 is 1.40 bits per heavy atom. The zero-order valence-corrected chi connectivity index (χ0v) is 11.0. The number of esters is 1. The van der Waals surface area contributed by atoms with Gasteiger partial charge < -0.3 is 25.1 Å². The molecule has 2 rings (SSSR count). The van der Waals surface area contributed by atoms with Crippen LogP contribution >= 0.6 is 0 Å². The first-order chi connectivity index (χ1) is 9.60. The summed E-state index contributed by atoms with van der Waals surface area (Å²) in [6.07, 6.45) is 1.90. The Morgan fingerprint density at radius 3 is 2.80 bits per heavy atom. The van der Waals surface area contributed by atoms with Crippen LogP contribution < -0.4 is 5.73 Å². The van der Waals surface area contributed by atoms with Crippen molar-refractivity contribution in [1.82, 2.24) is 0 Å².